The van der Waals surface area contributed by atoms with E-state index in [0.29, 0.717) is 65.6 Å². The predicted octanol–water partition coefficient (Wildman–Crippen LogP) is 5.74. The Labute approximate surface area is 222 Å². The molecule has 0 saturated carbocycles. The second-order valence-corrected chi connectivity index (χ2v) is 11.4. The molecule has 0 fully saturated rings. The van der Waals surface area contributed by atoms with Crippen molar-refractivity contribution in [3.63, 3.8) is 0 Å². The van der Waals surface area contributed by atoms with Crippen LogP contribution in [0, 0.1) is 6.92 Å². The Kier molecular flexibility index (Phi) is 8.52. The quantitative estimate of drug-likeness (QED) is 0.292. The molecule has 3 N–H and O–H groups in total. The molecule has 5 nitrogen and oxygen atoms in total. The Morgan fingerprint density at radius 2 is 1.46 bits per heavy atom. The highest BCUT2D eigenvalue weighted by Crippen LogP contribution is 2.39. The van der Waals surface area contributed by atoms with Crippen LogP contribution in [0.25, 0.3) is 12.2 Å². The van der Waals surface area contributed by atoms with Crippen LogP contribution in [0.2, 0.25) is 0 Å². The maximum absolute atomic E-state index is 12.4. The van der Waals surface area contributed by atoms with Gasteiger partial charge in [0, 0.05) is 5.56 Å². The third-order valence-electron chi connectivity index (χ3n) is 6.00. The zero-order chi connectivity index (χ0) is 26.1. The van der Waals surface area contributed by atoms with Crippen LogP contribution in [0.1, 0.15) is 54.5 Å². The molecular weight excluding hydrogens is 596 g/mol. The van der Waals surface area contributed by atoms with E-state index < -0.39 is 10.1 Å². The molecule has 0 spiro atoms. The third-order valence-corrected chi connectivity index (χ3v) is 8.73. The van der Waals surface area contributed by atoms with Gasteiger partial charge in [0.05, 0.1) is 8.95 Å². The smallest absolute Gasteiger partial charge is 0.295 e. The molecule has 0 radical (unpaired) electrons. The van der Waals surface area contributed by atoms with Gasteiger partial charge in [-0.2, -0.15) is 8.42 Å². The number of halogens is 2. The first-order chi connectivity index (χ1) is 16.4. The monoisotopic (exact) mass is 622 g/mol. The minimum Gasteiger partial charge on any atom is -0.506 e. The highest BCUT2D eigenvalue weighted by Gasteiger charge is 2.24. The van der Waals surface area contributed by atoms with Gasteiger partial charge in [-0.05, 0) is 108 Å². The number of hydrogen-bond acceptors (Lipinski definition) is 4. The summed E-state index contributed by atoms with van der Waals surface area (Å²) in [5, 5.41) is 22.5. The van der Waals surface area contributed by atoms with E-state index in [-0.39, 0.29) is 16.4 Å². The summed E-state index contributed by atoms with van der Waals surface area (Å²) in [7, 11) is -4.56. The maximum atomic E-state index is 12.4. The molecule has 3 rings (SSSR count). The van der Waals surface area contributed by atoms with E-state index in [4.69, 9.17) is 0 Å². The first kappa shape index (κ1) is 27.5. The van der Waals surface area contributed by atoms with E-state index in [2.05, 4.69) is 38.4 Å². The average molecular weight is 624 g/mol. The molecule has 35 heavy (non-hydrogen) atoms. The number of hydrogen-bond donors (Lipinski definition) is 3. The standard InChI is InChI=1S/C27H28Br2O5S/c1-5-9-17-13-20(15(3)24(28)26(17)30)23(19-11-7-8-12-22(19)35(32,33)34)21-14-18(10-6-2)27(31)25(29)16(21)4/h7-8,11-14,30-31H,3,5-6,9-10H2,1-2,4H3,(H,32,33,34)/b23-20+. The van der Waals surface area contributed by atoms with Crippen LogP contribution in [0.4, 0.5) is 0 Å². The van der Waals surface area contributed by atoms with E-state index in [1.807, 2.05) is 32.9 Å². The van der Waals surface area contributed by atoms with Crippen molar-refractivity contribution in [2.45, 2.75) is 51.3 Å². The van der Waals surface area contributed by atoms with Gasteiger partial charge in [-0.3, -0.25) is 4.55 Å². The van der Waals surface area contributed by atoms with Gasteiger partial charge in [-0.15, -0.1) is 0 Å². The largest absolute Gasteiger partial charge is 0.506 e. The van der Waals surface area contributed by atoms with Crippen LogP contribution in [0.5, 0.6) is 11.5 Å². The lowest BCUT2D eigenvalue weighted by molar-refractivity contribution is 0.463. The molecule has 0 bridgehead atoms. The van der Waals surface area contributed by atoms with Gasteiger partial charge in [0.15, 0.2) is 0 Å². The Hall–Kier alpha value is -2.13. The van der Waals surface area contributed by atoms with Gasteiger partial charge >= 0.3 is 0 Å². The summed E-state index contributed by atoms with van der Waals surface area (Å²) in [6, 6.07) is 9.92. The van der Waals surface area contributed by atoms with Gasteiger partial charge in [-0.1, -0.05) is 51.5 Å². The summed E-state index contributed by atoms with van der Waals surface area (Å²) in [6.45, 7) is 10.0. The summed E-state index contributed by atoms with van der Waals surface area (Å²) < 4.78 is 35.8. The molecular formula is C27H28Br2O5S. The van der Waals surface area contributed by atoms with Crippen LogP contribution in [0.3, 0.4) is 0 Å². The van der Waals surface area contributed by atoms with Crippen LogP contribution >= 0.6 is 31.9 Å². The van der Waals surface area contributed by atoms with Gasteiger partial charge < -0.3 is 10.2 Å². The fraction of sp³-hybridized carbons (Fsp3) is 0.259. The SMILES string of the molecule is C=c1c(Br)c(O)c(CCC)c/c1=C(/c1ccccc1S(=O)(=O)O)c1cc(CCC)c(O)c(Br)c1C. The first-order valence-corrected chi connectivity index (χ1v) is 14.3. The molecule has 8 heteroatoms. The zero-order valence-electron chi connectivity index (χ0n) is 19.8. The van der Waals surface area contributed by atoms with Crippen molar-refractivity contribution in [1.29, 1.82) is 0 Å². The minimum atomic E-state index is -4.56. The molecule has 0 atom stereocenters. The summed E-state index contributed by atoms with van der Waals surface area (Å²) in [6.07, 6.45) is 2.80. The summed E-state index contributed by atoms with van der Waals surface area (Å²) in [4.78, 5) is -0.240. The van der Waals surface area contributed by atoms with E-state index in [9.17, 15) is 23.2 Å². The van der Waals surface area contributed by atoms with E-state index in [1.54, 1.807) is 18.2 Å². The molecule has 3 aromatic carbocycles. The molecule has 0 saturated heterocycles. The van der Waals surface area contributed by atoms with Gasteiger partial charge in [-0.25, -0.2) is 0 Å². The Morgan fingerprint density at radius 3 is 2.03 bits per heavy atom. The summed E-state index contributed by atoms with van der Waals surface area (Å²) in [5.74, 6) is 0.238. The molecule has 0 heterocycles. The Morgan fingerprint density at radius 1 is 0.914 bits per heavy atom. The number of aryl methyl sites for hydroxylation is 2. The van der Waals surface area contributed by atoms with Crippen molar-refractivity contribution in [3.05, 3.63) is 83.6 Å². The fourth-order valence-corrected chi connectivity index (χ4v) is 5.89. The van der Waals surface area contributed by atoms with Crippen molar-refractivity contribution in [2.24, 2.45) is 0 Å². The predicted molar refractivity (Wildman–Crippen MR) is 147 cm³/mol. The van der Waals surface area contributed by atoms with Gasteiger partial charge in [0.1, 0.15) is 16.4 Å². The minimum absolute atomic E-state index is 0.0956. The van der Waals surface area contributed by atoms with Crippen molar-refractivity contribution in [1.82, 2.24) is 0 Å². The van der Waals surface area contributed by atoms with E-state index in [1.165, 1.54) is 6.07 Å². The zero-order valence-corrected chi connectivity index (χ0v) is 23.8. The molecule has 3 aromatic rings. The fourth-order valence-electron chi connectivity index (χ4n) is 4.26. The van der Waals surface area contributed by atoms with Crippen LogP contribution in [-0.4, -0.2) is 23.2 Å². The van der Waals surface area contributed by atoms with Crippen molar-refractivity contribution in [3.8, 4) is 11.5 Å². The van der Waals surface area contributed by atoms with Crippen LogP contribution in [-0.2, 0) is 23.0 Å². The maximum Gasteiger partial charge on any atom is 0.295 e. The Balaban J connectivity index is 2.68. The van der Waals surface area contributed by atoms with E-state index >= 15 is 0 Å². The number of phenols is 2. The topological polar surface area (TPSA) is 94.8 Å². The molecule has 0 unspecified atom stereocenters. The molecule has 0 aliphatic carbocycles. The Bertz CT molecular complexity index is 1510. The highest BCUT2D eigenvalue weighted by molar-refractivity contribution is 9.11. The number of rotatable bonds is 7. The van der Waals surface area contributed by atoms with Crippen molar-refractivity contribution < 1.29 is 23.2 Å². The second-order valence-electron chi connectivity index (χ2n) is 8.44. The lowest BCUT2D eigenvalue weighted by Gasteiger charge is -2.19. The average Bonchev–Trinajstić information content (AvgIpc) is 2.81. The lowest BCUT2D eigenvalue weighted by atomic mass is 9.88. The second kappa shape index (κ2) is 10.9. The molecule has 0 aliphatic rings. The van der Waals surface area contributed by atoms with Crippen LogP contribution in [0.15, 0.2) is 50.2 Å². The number of benzene rings is 3. The molecule has 0 aromatic heterocycles. The lowest BCUT2D eigenvalue weighted by Crippen LogP contribution is -2.29. The van der Waals surface area contributed by atoms with Crippen molar-refractivity contribution in [2.75, 3.05) is 0 Å². The van der Waals surface area contributed by atoms with Gasteiger partial charge in [0.2, 0.25) is 0 Å². The summed E-state index contributed by atoms with van der Waals surface area (Å²) in [5.41, 5.74) is 3.59. The summed E-state index contributed by atoms with van der Waals surface area (Å²) >= 11 is 6.97. The molecule has 186 valence electrons. The number of aromatic hydroxyl groups is 2. The van der Waals surface area contributed by atoms with Crippen LogP contribution < -0.4 is 10.4 Å². The number of phenolic OH excluding ortho intramolecular Hbond substituents is 2. The molecule has 0 aliphatic heterocycles. The normalized spacial score (nSPS) is 12.6. The molecule has 0 amide bonds. The third kappa shape index (κ3) is 5.35. The van der Waals surface area contributed by atoms with Crippen molar-refractivity contribution >= 4 is 54.1 Å². The van der Waals surface area contributed by atoms with Gasteiger partial charge in [0.25, 0.3) is 10.1 Å². The first-order valence-electron chi connectivity index (χ1n) is 11.3. The highest BCUT2D eigenvalue weighted by atomic mass is 79.9. The van der Waals surface area contributed by atoms with E-state index in [0.717, 1.165) is 12.8 Å².